The molecule has 0 aliphatic rings. The van der Waals surface area contributed by atoms with Gasteiger partial charge in [0.05, 0.1) is 6.07 Å². The van der Waals surface area contributed by atoms with E-state index in [0.29, 0.717) is 0 Å². The molecule has 0 spiro atoms. The lowest BCUT2D eigenvalue weighted by Gasteiger charge is -1.54. The molecule has 6 heavy (non-hydrogen) atoms. The molecular formula is C5H4N. The summed E-state index contributed by atoms with van der Waals surface area (Å²) in [7, 11) is 0. The maximum atomic E-state index is 7.78. The van der Waals surface area contributed by atoms with Crippen LogP contribution in [-0.2, 0) is 0 Å². The third kappa shape index (κ3) is 2.97. The Balaban J connectivity index is 3.26. The molecule has 0 saturated heterocycles. The van der Waals surface area contributed by atoms with E-state index in [2.05, 4.69) is 0 Å². The van der Waals surface area contributed by atoms with Crippen molar-refractivity contribution in [2.45, 2.75) is 0 Å². The molecule has 29 valence electrons. The van der Waals surface area contributed by atoms with Gasteiger partial charge in [-0.2, -0.15) is 5.26 Å². The van der Waals surface area contributed by atoms with Gasteiger partial charge in [-0.05, 0) is 0 Å². The molecule has 0 aromatic carbocycles. The van der Waals surface area contributed by atoms with E-state index in [-0.39, 0.29) is 0 Å². The Bertz CT molecular complexity index is 95.0. The highest BCUT2D eigenvalue weighted by molar-refractivity contribution is 5.08. The molecule has 0 heterocycles. The fourth-order valence-corrected chi connectivity index (χ4v) is 0.0986. The quantitative estimate of drug-likeness (QED) is 0.340. The summed E-state index contributed by atoms with van der Waals surface area (Å²) in [5, 5.41) is 7.78. The van der Waals surface area contributed by atoms with Gasteiger partial charge in [0, 0.05) is 6.08 Å². The lowest BCUT2D eigenvalue weighted by molar-refractivity contribution is 1.53. The zero-order valence-electron chi connectivity index (χ0n) is 3.26. The second-order valence-corrected chi connectivity index (χ2v) is 0.681. The molecule has 1 radical (unpaired) electrons. The molecule has 0 aliphatic carbocycles. The van der Waals surface area contributed by atoms with Gasteiger partial charge in [-0.3, -0.25) is 0 Å². The standard InChI is InChI=1S/C5H4N/c1-2-3-4-5-6/h1-4H. The highest BCUT2D eigenvalue weighted by Crippen LogP contribution is 1.65. The van der Waals surface area contributed by atoms with Gasteiger partial charge >= 0.3 is 0 Å². The van der Waals surface area contributed by atoms with Crippen molar-refractivity contribution >= 4 is 0 Å². The van der Waals surface area contributed by atoms with Gasteiger partial charge in [-0.25, -0.2) is 0 Å². The third-order valence-electron chi connectivity index (χ3n) is 0.282. The molecule has 0 aromatic heterocycles. The Labute approximate surface area is 37.2 Å². The van der Waals surface area contributed by atoms with E-state index in [4.69, 9.17) is 11.8 Å². The monoisotopic (exact) mass is 78.0 g/mol. The van der Waals surface area contributed by atoms with Crippen LogP contribution in [0.4, 0.5) is 0 Å². The minimum Gasteiger partial charge on any atom is -0.193 e. The van der Waals surface area contributed by atoms with E-state index in [1.807, 2.05) is 0 Å². The normalized spacial score (nSPS) is 7.83. The maximum absolute atomic E-state index is 7.78. The second kappa shape index (κ2) is 3.97. The molecular weight excluding hydrogens is 74.1 g/mol. The molecule has 0 bridgehead atoms. The lowest BCUT2D eigenvalue weighted by Crippen LogP contribution is -1.39. The number of hydrogen-bond donors (Lipinski definition) is 0. The van der Waals surface area contributed by atoms with Crippen LogP contribution in [0.2, 0.25) is 0 Å². The van der Waals surface area contributed by atoms with Gasteiger partial charge in [-0.15, -0.1) is 0 Å². The van der Waals surface area contributed by atoms with E-state index < -0.39 is 0 Å². The fraction of sp³-hybridized carbons (Fsp3) is 0. The van der Waals surface area contributed by atoms with Gasteiger partial charge in [0.25, 0.3) is 0 Å². The minimum absolute atomic E-state index is 1.31. The maximum Gasteiger partial charge on any atom is 0.0912 e. The van der Waals surface area contributed by atoms with E-state index in [9.17, 15) is 0 Å². The molecule has 0 aromatic rings. The molecule has 0 rings (SSSR count). The zero-order chi connectivity index (χ0) is 4.83. The van der Waals surface area contributed by atoms with E-state index in [0.717, 1.165) is 0 Å². The second-order valence-electron chi connectivity index (χ2n) is 0.681. The average molecular weight is 78.1 g/mol. The van der Waals surface area contributed by atoms with Crippen molar-refractivity contribution in [2.75, 3.05) is 0 Å². The predicted octanol–water partition coefficient (Wildman–Crippen LogP) is 1.06. The summed E-state index contributed by atoms with van der Waals surface area (Å²) >= 11 is 0. The van der Waals surface area contributed by atoms with Crippen LogP contribution in [0.1, 0.15) is 0 Å². The number of hydrogen-bond acceptors (Lipinski definition) is 1. The van der Waals surface area contributed by atoms with Crippen LogP contribution in [0, 0.1) is 17.9 Å². The predicted molar refractivity (Wildman–Crippen MR) is 23.6 cm³/mol. The van der Waals surface area contributed by atoms with Gasteiger partial charge in [0.1, 0.15) is 0 Å². The van der Waals surface area contributed by atoms with Gasteiger partial charge in [-0.1, -0.05) is 18.7 Å². The van der Waals surface area contributed by atoms with Crippen LogP contribution in [0.15, 0.2) is 18.2 Å². The molecule has 0 atom stereocenters. The first-order valence-electron chi connectivity index (χ1n) is 1.51. The minimum atomic E-state index is 1.31. The summed E-state index contributed by atoms with van der Waals surface area (Å²) < 4.78 is 0. The van der Waals surface area contributed by atoms with Crippen molar-refractivity contribution in [1.29, 1.82) is 5.26 Å². The molecule has 0 amide bonds. The van der Waals surface area contributed by atoms with Crippen molar-refractivity contribution in [2.24, 2.45) is 0 Å². The summed E-state index contributed by atoms with van der Waals surface area (Å²) in [6.45, 7) is 4.85. The number of allylic oxidation sites excluding steroid dienone is 3. The largest absolute Gasteiger partial charge is 0.193 e. The Hall–Kier alpha value is -1.03. The van der Waals surface area contributed by atoms with Crippen LogP contribution in [0.25, 0.3) is 0 Å². The summed E-state index contributed by atoms with van der Waals surface area (Å²) in [6.07, 6.45) is 4.09. The summed E-state index contributed by atoms with van der Waals surface area (Å²) in [5.41, 5.74) is 0. The van der Waals surface area contributed by atoms with Crippen molar-refractivity contribution in [3.63, 3.8) is 0 Å². The third-order valence-corrected chi connectivity index (χ3v) is 0.282. The topological polar surface area (TPSA) is 23.8 Å². The van der Waals surface area contributed by atoms with Crippen LogP contribution >= 0.6 is 0 Å². The Morgan fingerprint density at radius 1 is 1.67 bits per heavy atom. The van der Waals surface area contributed by atoms with Crippen molar-refractivity contribution in [3.8, 4) is 6.07 Å². The smallest absolute Gasteiger partial charge is 0.0912 e. The Morgan fingerprint density at radius 2 is 2.33 bits per heavy atom. The molecule has 0 unspecified atom stereocenters. The molecule has 1 heteroatoms. The van der Waals surface area contributed by atoms with E-state index >= 15 is 0 Å². The van der Waals surface area contributed by atoms with Crippen molar-refractivity contribution in [3.05, 3.63) is 24.8 Å². The molecule has 1 nitrogen and oxygen atoms in total. The van der Waals surface area contributed by atoms with E-state index in [1.54, 1.807) is 6.07 Å². The Morgan fingerprint density at radius 3 is 2.50 bits per heavy atom. The lowest BCUT2D eigenvalue weighted by atomic mass is 10.5. The number of nitrogens with zero attached hydrogens (tertiary/aromatic N) is 1. The van der Waals surface area contributed by atoms with Crippen molar-refractivity contribution < 1.29 is 0 Å². The van der Waals surface area contributed by atoms with Gasteiger partial charge in [0.15, 0.2) is 0 Å². The van der Waals surface area contributed by atoms with Crippen LogP contribution in [-0.4, -0.2) is 0 Å². The summed E-state index contributed by atoms with van der Waals surface area (Å²) in [6, 6.07) is 1.78. The Kier molecular flexibility index (Phi) is 3.29. The highest BCUT2D eigenvalue weighted by Gasteiger charge is 1.51. The van der Waals surface area contributed by atoms with Gasteiger partial charge < -0.3 is 0 Å². The van der Waals surface area contributed by atoms with Crippen LogP contribution < -0.4 is 0 Å². The zero-order valence-corrected chi connectivity index (χ0v) is 3.26. The fourth-order valence-electron chi connectivity index (χ4n) is 0.0986. The first-order valence-corrected chi connectivity index (χ1v) is 1.51. The van der Waals surface area contributed by atoms with E-state index in [1.165, 1.54) is 18.2 Å². The molecule has 0 saturated carbocycles. The average Bonchev–Trinajstić information content (AvgIpc) is 1.61. The van der Waals surface area contributed by atoms with Crippen LogP contribution in [0.3, 0.4) is 0 Å². The highest BCUT2D eigenvalue weighted by atomic mass is 14.2. The summed E-state index contributed by atoms with van der Waals surface area (Å²) in [5.74, 6) is 0. The molecule has 0 aliphatic heterocycles. The molecule has 0 fully saturated rings. The SMILES string of the molecule is [CH]=CC=CC#N. The summed E-state index contributed by atoms with van der Waals surface area (Å²) in [4.78, 5) is 0. The number of nitriles is 1. The molecule has 0 N–H and O–H groups in total. The first kappa shape index (κ1) is 4.97. The number of rotatable bonds is 1. The van der Waals surface area contributed by atoms with Crippen LogP contribution in [0.5, 0.6) is 0 Å². The van der Waals surface area contributed by atoms with Gasteiger partial charge in [0.2, 0.25) is 0 Å². The first-order chi connectivity index (χ1) is 2.91. The van der Waals surface area contributed by atoms with Crippen molar-refractivity contribution in [1.82, 2.24) is 0 Å².